The Morgan fingerprint density at radius 3 is 2.67 bits per heavy atom. The van der Waals surface area contributed by atoms with Gasteiger partial charge in [0.05, 0.1) is 0 Å². The highest BCUT2D eigenvalue weighted by molar-refractivity contribution is 6.30. The van der Waals surface area contributed by atoms with E-state index >= 15 is 0 Å². The molecule has 2 N–H and O–H groups in total. The summed E-state index contributed by atoms with van der Waals surface area (Å²) in [7, 11) is 0. The first-order chi connectivity index (χ1) is 11.5. The van der Waals surface area contributed by atoms with E-state index in [2.05, 4.69) is 15.6 Å². The number of pyridine rings is 1. The Hall–Kier alpha value is -2.40. The number of aromatic nitrogens is 1. The van der Waals surface area contributed by atoms with Crippen LogP contribution in [0.1, 0.15) is 24.0 Å². The number of carbonyl (C=O) groups is 2. The zero-order chi connectivity index (χ0) is 17.2. The van der Waals surface area contributed by atoms with E-state index in [1.807, 2.05) is 19.1 Å². The SMILES string of the molecule is Cc1cc(Cl)ccc1NC(=O)C1(C(=O)NCc2cccnc2)CC1. The molecule has 1 aliphatic carbocycles. The fourth-order valence-electron chi connectivity index (χ4n) is 2.55. The summed E-state index contributed by atoms with van der Waals surface area (Å²) in [4.78, 5) is 29.0. The molecule has 0 radical (unpaired) electrons. The lowest BCUT2D eigenvalue weighted by atomic mass is 10.0. The highest BCUT2D eigenvalue weighted by Gasteiger charge is 2.56. The van der Waals surface area contributed by atoms with Crippen LogP contribution in [0.25, 0.3) is 0 Å². The molecule has 1 aromatic carbocycles. The van der Waals surface area contributed by atoms with Crippen LogP contribution >= 0.6 is 11.6 Å². The quantitative estimate of drug-likeness (QED) is 0.819. The largest absolute Gasteiger partial charge is 0.351 e. The van der Waals surface area contributed by atoms with Crippen molar-refractivity contribution in [3.8, 4) is 0 Å². The predicted octanol–water partition coefficient (Wildman–Crippen LogP) is 3.08. The van der Waals surface area contributed by atoms with Gasteiger partial charge in [-0.05, 0) is 55.2 Å². The van der Waals surface area contributed by atoms with Gasteiger partial charge in [0.1, 0.15) is 5.41 Å². The molecule has 1 heterocycles. The van der Waals surface area contributed by atoms with Crippen molar-refractivity contribution in [3.05, 3.63) is 58.9 Å². The molecule has 6 heteroatoms. The first kappa shape index (κ1) is 16.5. The van der Waals surface area contributed by atoms with Gasteiger partial charge in [0.2, 0.25) is 11.8 Å². The first-order valence-electron chi connectivity index (χ1n) is 7.76. The Bertz CT molecular complexity index is 773. The fraction of sp³-hybridized carbons (Fsp3) is 0.278. The number of benzene rings is 1. The highest BCUT2D eigenvalue weighted by atomic mass is 35.5. The Morgan fingerprint density at radius 1 is 1.25 bits per heavy atom. The number of hydrogen-bond donors (Lipinski definition) is 2. The van der Waals surface area contributed by atoms with Crippen molar-refractivity contribution in [2.24, 2.45) is 5.41 Å². The standard InChI is InChI=1S/C18H18ClN3O2/c1-12-9-14(19)4-5-15(12)22-17(24)18(6-7-18)16(23)21-11-13-3-2-8-20-10-13/h2-5,8-10H,6-7,11H2,1H3,(H,21,23)(H,22,24). The lowest BCUT2D eigenvalue weighted by Gasteiger charge is -2.16. The van der Waals surface area contributed by atoms with Gasteiger partial charge in [0.25, 0.3) is 0 Å². The molecule has 0 spiro atoms. The van der Waals surface area contributed by atoms with Gasteiger partial charge >= 0.3 is 0 Å². The Morgan fingerprint density at radius 2 is 2.04 bits per heavy atom. The molecule has 1 aliphatic rings. The second kappa shape index (κ2) is 6.61. The van der Waals surface area contributed by atoms with Gasteiger partial charge in [-0.3, -0.25) is 14.6 Å². The van der Waals surface area contributed by atoms with Gasteiger partial charge in [0.15, 0.2) is 0 Å². The number of anilines is 1. The monoisotopic (exact) mass is 343 g/mol. The second-order valence-electron chi connectivity index (χ2n) is 6.04. The average molecular weight is 344 g/mol. The van der Waals surface area contributed by atoms with Crippen LogP contribution in [0.4, 0.5) is 5.69 Å². The third-order valence-corrected chi connectivity index (χ3v) is 4.47. The van der Waals surface area contributed by atoms with Crippen molar-refractivity contribution < 1.29 is 9.59 Å². The van der Waals surface area contributed by atoms with E-state index in [1.165, 1.54) is 0 Å². The van der Waals surface area contributed by atoms with E-state index in [0.29, 0.717) is 30.1 Å². The molecule has 0 unspecified atom stereocenters. The normalized spacial score (nSPS) is 14.8. The number of carbonyl (C=O) groups excluding carboxylic acids is 2. The van der Waals surface area contributed by atoms with Gasteiger partial charge in [-0.15, -0.1) is 0 Å². The molecule has 2 amide bonds. The Balaban J connectivity index is 1.64. The van der Waals surface area contributed by atoms with Crippen LogP contribution < -0.4 is 10.6 Å². The summed E-state index contributed by atoms with van der Waals surface area (Å²) in [5.41, 5.74) is 1.47. The molecule has 1 aromatic heterocycles. The summed E-state index contributed by atoms with van der Waals surface area (Å²) in [5.74, 6) is -0.507. The number of aryl methyl sites for hydroxylation is 1. The van der Waals surface area contributed by atoms with Gasteiger partial charge in [-0.2, -0.15) is 0 Å². The molecule has 3 rings (SSSR count). The van der Waals surface area contributed by atoms with Crippen molar-refractivity contribution in [2.75, 3.05) is 5.32 Å². The van der Waals surface area contributed by atoms with Gasteiger partial charge in [0, 0.05) is 29.6 Å². The highest BCUT2D eigenvalue weighted by Crippen LogP contribution is 2.47. The van der Waals surface area contributed by atoms with Crippen LogP contribution in [-0.2, 0) is 16.1 Å². The van der Waals surface area contributed by atoms with Crippen LogP contribution in [-0.4, -0.2) is 16.8 Å². The van der Waals surface area contributed by atoms with E-state index < -0.39 is 5.41 Å². The van der Waals surface area contributed by atoms with E-state index in [4.69, 9.17) is 11.6 Å². The molecule has 0 saturated heterocycles. The van der Waals surface area contributed by atoms with Crippen LogP contribution in [0.2, 0.25) is 5.02 Å². The number of halogens is 1. The smallest absolute Gasteiger partial charge is 0.240 e. The van der Waals surface area contributed by atoms with Crippen molar-refractivity contribution in [2.45, 2.75) is 26.3 Å². The van der Waals surface area contributed by atoms with E-state index in [1.54, 1.807) is 30.6 Å². The average Bonchev–Trinajstić information content (AvgIpc) is 3.38. The second-order valence-corrected chi connectivity index (χ2v) is 6.48. The fourth-order valence-corrected chi connectivity index (χ4v) is 2.77. The summed E-state index contributed by atoms with van der Waals surface area (Å²) < 4.78 is 0. The molecular weight excluding hydrogens is 326 g/mol. The van der Waals surface area contributed by atoms with E-state index in [0.717, 1.165) is 11.1 Å². The molecule has 1 fully saturated rings. The summed E-state index contributed by atoms with van der Waals surface area (Å²) in [6, 6.07) is 8.93. The Labute approximate surface area is 145 Å². The Kier molecular flexibility index (Phi) is 4.53. The minimum absolute atomic E-state index is 0.240. The molecule has 0 bridgehead atoms. The minimum atomic E-state index is -0.964. The van der Waals surface area contributed by atoms with Crippen molar-refractivity contribution in [1.29, 1.82) is 0 Å². The van der Waals surface area contributed by atoms with E-state index in [-0.39, 0.29) is 11.8 Å². The van der Waals surface area contributed by atoms with Crippen LogP contribution in [0.5, 0.6) is 0 Å². The summed E-state index contributed by atoms with van der Waals surface area (Å²) in [6.45, 7) is 2.23. The van der Waals surface area contributed by atoms with Crippen LogP contribution in [0, 0.1) is 12.3 Å². The molecule has 24 heavy (non-hydrogen) atoms. The molecule has 5 nitrogen and oxygen atoms in total. The number of amides is 2. The van der Waals surface area contributed by atoms with Gasteiger partial charge in [-0.1, -0.05) is 17.7 Å². The first-order valence-corrected chi connectivity index (χ1v) is 8.14. The van der Waals surface area contributed by atoms with Crippen molar-refractivity contribution in [3.63, 3.8) is 0 Å². The zero-order valence-corrected chi connectivity index (χ0v) is 14.1. The summed E-state index contributed by atoms with van der Waals surface area (Å²) in [6.07, 6.45) is 4.49. The summed E-state index contributed by atoms with van der Waals surface area (Å²) >= 11 is 5.92. The minimum Gasteiger partial charge on any atom is -0.351 e. The maximum Gasteiger partial charge on any atom is 0.240 e. The maximum atomic E-state index is 12.6. The molecule has 0 atom stereocenters. The number of nitrogens with zero attached hydrogens (tertiary/aromatic N) is 1. The third-order valence-electron chi connectivity index (χ3n) is 4.23. The zero-order valence-electron chi connectivity index (χ0n) is 13.3. The summed E-state index contributed by atoms with van der Waals surface area (Å²) in [5, 5.41) is 6.29. The lowest BCUT2D eigenvalue weighted by molar-refractivity contribution is -0.134. The van der Waals surface area contributed by atoms with Crippen molar-refractivity contribution >= 4 is 29.1 Å². The van der Waals surface area contributed by atoms with E-state index in [9.17, 15) is 9.59 Å². The molecule has 124 valence electrons. The van der Waals surface area contributed by atoms with Gasteiger partial charge in [-0.25, -0.2) is 0 Å². The number of rotatable bonds is 5. The topological polar surface area (TPSA) is 71.1 Å². The maximum absolute atomic E-state index is 12.6. The van der Waals surface area contributed by atoms with Crippen LogP contribution in [0.3, 0.4) is 0 Å². The predicted molar refractivity (Wildman–Crippen MR) is 92.6 cm³/mol. The number of hydrogen-bond acceptors (Lipinski definition) is 3. The molecule has 0 aliphatic heterocycles. The van der Waals surface area contributed by atoms with Gasteiger partial charge < -0.3 is 10.6 Å². The number of nitrogens with one attached hydrogen (secondary N) is 2. The third kappa shape index (κ3) is 3.41. The van der Waals surface area contributed by atoms with Crippen LogP contribution in [0.15, 0.2) is 42.7 Å². The van der Waals surface area contributed by atoms with Crippen molar-refractivity contribution in [1.82, 2.24) is 10.3 Å². The molecular formula is C18H18ClN3O2. The molecule has 2 aromatic rings. The lowest BCUT2D eigenvalue weighted by Crippen LogP contribution is -2.39. The molecule has 1 saturated carbocycles.